The van der Waals surface area contributed by atoms with Crippen molar-refractivity contribution in [1.29, 1.82) is 0 Å². The fraction of sp³-hybridized carbons (Fsp3) is 1.00. The molecule has 16 heavy (non-hydrogen) atoms. The molecule has 0 aromatic carbocycles. The summed E-state index contributed by atoms with van der Waals surface area (Å²) in [6.07, 6.45) is 2.01. The van der Waals surface area contributed by atoms with Gasteiger partial charge in [-0.15, -0.1) is 0 Å². The maximum absolute atomic E-state index is 11.6. The number of hydrogen-bond acceptors (Lipinski definition) is 4. The standard InChI is InChI=1S/C10H24N2O3S/c1-4-10(11,5-2)9-12-16(13,14)8-6-7-15-3/h12H,4-9,11H2,1-3H3. The minimum absolute atomic E-state index is 0.0876. The molecule has 0 aliphatic rings. The van der Waals surface area contributed by atoms with Crippen LogP contribution in [-0.2, 0) is 14.8 Å². The topological polar surface area (TPSA) is 81.4 Å². The number of ether oxygens (including phenoxy) is 1. The Kier molecular flexibility index (Phi) is 7.14. The first kappa shape index (κ1) is 15.8. The van der Waals surface area contributed by atoms with Crippen molar-refractivity contribution >= 4 is 10.0 Å². The number of rotatable bonds is 9. The van der Waals surface area contributed by atoms with Gasteiger partial charge in [0.15, 0.2) is 0 Å². The van der Waals surface area contributed by atoms with Crippen molar-refractivity contribution in [3.63, 3.8) is 0 Å². The Morgan fingerprint density at radius 3 is 2.31 bits per heavy atom. The second-order valence-electron chi connectivity index (χ2n) is 4.06. The summed E-state index contributed by atoms with van der Waals surface area (Å²) in [5.74, 6) is 0.0876. The second kappa shape index (κ2) is 7.21. The van der Waals surface area contributed by atoms with E-state index in [0.29, 0.717) is 19.6 Å². The van der Waals surface area contributed by atoms with Gasteiger partial charge in [-0.05, 0) is 19.3 Å². The van der Waals surface area contributed by atoms with E-state index < -0.39 is 15.6 Å². The molecule has 0 fully saturated rings. The van der Waals surface area contributed by atoms with E-state index in [1.807, 2.05) is 13.8 Å². The summed E-state index contributed by atoms with van der Waals surface area (Å²) in [7, 11) is -1.66. The summed E-state index contributed by atoms with van der Waals surface area (Å²) in [5.41, 5.74) is 5.57. The van der Waals surface area contributed by atoms with Crippen LogP contribution < -0.4 is 10.5 Å². The van der Waals surface area contributed by atoms with Crippen LogP contribution in [0, 0.1) is 0 Å². The highest BCUT2D eigenvalue weighted by atomic mass is 32.2. The summed E-state index contributed by atoms with van der Waals surface area (Å²) in [6, 6.07) is 0. The zero-order valence-corrected chi connectivity index (χ0v) is 11.3. The molecule has 0 saturated carbocycles. The van der Waals surface area contributed by atoms with Crippen LogP contribution in [-0.4, -0.2) is 40.0 Å². The molecule has 0 heterocycles. The minimum Gasteiger partial charge on any atom is -0.385 e. The van der Waals surface area contributed by atoms with E-state index in [2.05, 4.69) is 4.72 Å². The van der Waals surface area contributed by atoms with E-state index in [4.69, 9.17) is 10.5 Å². The summed E-state index contributed by atoms with van der Waals surface area (Å²) >= 11 is 0. The molecule has 0 radical (unpaired) electrons. The third-order valence-electron chi connectivity index (χ3n) is 2.81. The maximum Gasteiger partial charge on any atom is 0.211 e. The number of nitrogens with one attached hydrogen (secondary N) is 1. The zero-order chi connectivity index (χ0) is 12.7. The monoisotopic (exact) mass is 252 g/mol. The summed E-state index contributed by atoms with van der Waals surface area (Å²) < 4.78 is 30.5. The number of nitrogens with two attached hydrogens (primary N) is 1. The Balaban J connectivity index is 4.07. The van der Waals surface area contributed by atoms with Gasteiger partial charge in [0.05, 0.1) is 5.75 Å². The lowest BCUT2D eigenvalue weighted by atomic mass is 9.95. The highest BCUT2D eigenvalue weighted by Crippen LogP contribution is 2.09. The van der Waals surface area contributed by atoms with Gasteiger partial charge < -0.3 is 10.5 Å². The van der Waals surface area contributed by atoms with E-state index in [9.17, 15) is 8.42 Å². The molecule has 0 unspecified atom stereocenters. The molecule has 0 atom stereocenters. The molecule has 0 rings (SSSR count). The summed E-state index contributed by atoms with van der Waals surface area (Å²) in [6.45, 7) is 4.68. The maximum atomic E-state index is 11.6. The Hall–Kier alpha value is -0.170. The Labute approximate surface area is 98.8 Å². The van der Waals surface area contributed by atoms with Gasteiger partial charge in [-0.3, -0.25) is 0 Å². The third-order valence-corrected chi connectivity index (χ3v) is 4.22. The number of sulfonamides is 1. The highest BCUT2D eigenvalue weighted by molar-refractivity contribution is 7.89. The molecule has 0 spiro atoms. The lowest BCUT2D eigenvalue weighted by molar-refractivity contribution is 0.199. The van der Waals surface area contributed by atoms with Crippen LogP contribution in [0.2, 0.25) is 0 Å². The third kappa shape index (κ3) is 6.42. The molecule has 0 amide bonds. The Bertz CT molecular complexity index is 274. The molecule has 3 N–H and O–H groups in total. The van der Waals surface area contributed by atoms with Crippen LogP contribution in [0.3, 0.4) is 0 Å². The SMILES string of the molecule is CCC(N)(CC)CNS(=O)(=O)CCCOC. The zero-order valence-electron chi connectivity index (χ0n) is 10.5. The van der Waals surface area contributed by atoms with E-state index in [1.165, 1.54) is 0 Å². The lowest BCUT2D eigenvalue weighted by Gasteiger charge is -2.26. The van der Waals surface area contributed by atoms with Gasteiger partial charge in [0.2, 0.25) is 10.0 Å². The second-order valence-corrected chi connectivity index (χ2v) is 5.98. The average molecular weight is 252 g/mol. The van der Waals surface area contributed by atoms with Crippen molar-refractivity contribution < 1.29 is 13.2 Å². The van der Waals surface area contributed by atoms with Crippen molar-refractivity contribution in [2.24, 2.45) is 5.73 Å². The van der Waals surface area contributed by atoms with Crippen LogP contribution in [0.25, 0.3) is 0 Å². The predicted octanol–water partition coefficient (Wildman–Crippen LogP) is 0.460. The lowest BCUT2D eigenvalue weighted by Crippen LogP contribution is -2.49. The van der Waals surface area contributed by atoms with Crippen molar-refractivity contribution in [1.82, 2.24) is 4.72 Å². The fourth-order valence-electron chi connectivity index (χ4n) is 1.22. The van der Waals surface area contributed by atoms with Gasteiger partial charge in [0.1, 0.15) is 0 Å². The van der Waals surface area contributed by atoms with Gasteiger partial charge in [-0.1, -0.05) is 13.8 Å². The fourth-order valence-corrected chi connectivity index (χ4v) is 2.37. The van der Waals surface area contributed by atoms with Gasteiger partial charge >= 0.3 is 0 Å². The molecular weight excluding hydrogens is 228 g/mol. The molecule has 0 saturated heterocycles. The molecule has 6 heteroatoms. The van der Waals surface area contributed by atoms with Crippen LogP contribution in [0.4, 0.5) is 0 Å². The minimum atomic E-state index is -3.22. The number of hydrogen-bond donors (Lipinski definition) is 2. The molecular formula is C10H24N2O3S. The van der Waals surface area contributed by atoms with Crippen LogP contribution in [0.1, 0.15) is 33.1 Å². The quantitative estimate of drug-likeness (QED) is 0.584. The van der Waals surface area contributed by atoms with Crippen LogP contribution in [0.15, 0.2) is 0 Å². The van der Waals surface area contributed by atoms with E-state index in [-0.39, 0.29) is 5.75 Å². The summed E-state index contributed by atoms with van der Waals surface area (Å²) in [4.78, 5) is 0. The van der Waals surface area contributed by atoms with E-state index in [1.54, 1.807) is 7.11 Å². The Morgan fingerprint density at radius 2 is 1.88 bits per heavy atom. The molecule has 0 bridgehead atoms. The highest BCUT2D eigenvalue weighted by Gasteiger charge is 2.22. The largest absolute Gasteiger partial charge is 0.385 e. The molecule has 0 aliphatic carbocycles. The Morgan fingerprint density at radius 1 is 1.31 bits per heavy atom. The van der Waals surface area contributed by atoms with Crippen molar-refractivity contribution in [2.75, 3.05) is 26.0 Å². The predicted molar refractivity (Wildman–Crippen MR) is 65.8 cm³/mol. The van der Waals surface area contributed by atoms with Gasteiger partial charge in [0.25, 0.3) is 0 Å². The molecule has 0 aliphatic heterocycles. The first-order chi connectivity index (χ1) is 7.39. The molecule has 0 aromatic heterocycles. The van der Waals surface area contributed by atoms with Crippen LogP contribution in [0.5, 0.6) is 0 Å². The van der Waals surface area contributed by atoms with Crippen molar-refractivity contribution in [2.45, 2.75) is 38.6 Å². The molecule has 5 nitrogen and oxygen atoms in total. The van der Waals surface area contributed by atoms with E-state index in [0.717, 1.165) is 12.8 Å². The first-order valence-corrected chi connectivity index (χ1v) is 7.29. The molecule has 0 aromatic rings. The van der Waals surface area contributed by atoms with Crippen LogP contribution >= 0.6 is 0 Å². The first-order valence-electron chi connectivity index (χ1n) is 5.64. The van der Waals surface area contributed by atoms with Crippen molar-refractivity contribution in [3.05, 3.63) is 0 Å². The van der Waals surface area contributed by atoms with Gasteiger partial charge in [-0.25, -0.2) is 13.1 Å². The van der Waals surface area contributed by atoms with Gasteiger partial charge in [0, 0.05) is 25.8 Å². The van der Waals surface area contributed by atoms with E-state index >= 15 is 0 Å². The van der Waals surface area contributed by atoms with Crippen molar-refractivity contribution in [3.8, 4) is 0 Å². The normalized spacial score (nSPS) is 13.0. The molecule has 98 valence electrons. The smallest absolute Gasteiger partial charge is 0.211 e. The van der Waals surface area contributed by atoms with Gasteiger partial charge in [-0.2, -0.15) is 0 Å². The average Bonchev–Trinajstić information content (AvgIpc) is 2.26. The number of methoxy groups -OCH3 is 1. The summed E-state index contributed by atoms with van der Waals surface area (Å²) in [5, 5.41) is 0.